The number of alkyl halides is 6. The van der Waals surface area contributed by atoms with E-state index in [1.807, 2.05) is 13.8 Å². The molecule has 0 spiro atoms. The second-order valence-corrected chi connectivity index (χ2v) is 6.28. The average Bonchev–Trinajstić information content (AvgIpc) is 2.53. The van der Waals surface area contributed by atoms with Gasteiger partial charge in [0.25, 0.3) is 0 Å². The second-order valence-electron chi connectivity index (χ2n) is 6.28. The van der Waals surface area contributed by atoms with Crippen LogP contribution in [0.15, 0.2) is 0 Å². The van der Waals surface area contributed by atoms with Gasteiger partial charge in [-0.1, -0.05) is 54.4 Å². The van der Waals surface area contributed by atoms with Gasteiger partial charge in [0, 0.05) is 19.5 Å². The molecule has 0 aliphatic heterocycles. The van der Waals surface area contributed by atoms with Crippen LogP contribution in [0.4, 0.5) is 26.3 Å². The Hall–Kier alpha value is 0.0434. The van der Waals surface area contributed by atoms with Crippen LogP contribution < -0.4 is 0 Å². The zero-order chi connectivity index (χ0) is 22.4. The van der Waals surface area contributed by atoms with E-state index in [4.69, 9.17) is 0 Å². The van der Waals surface area contributed by atoms with Gasteiger partial charge in [-0.15, -0.1) is 12.1 Å². The maximum Gasteiger partial charge on any atom is 0.373 e. The van der Waals surface area contributed by atoms with Gasteiger partial charge in [-0.25, -0.2) is 0 Å². The molecular formula is C18H34F6N4Zn-4. The smallest absolute Gasteiger partial charge is 0.373 e. The third kappa shape index (κ3) is 18.5. The molecule has 0 aromatic heterocycles. The van der Waals surface area contributed by atoms with Crippen molar-refractivity contribution in [2.24, 2.45) is 0 Å². The largest absolute Gasteiger partial charge is 0.660 e. The molecule has 11 heteroatoms. The molecule has 0 saturated heterocycles. The molecule has 174 valence electrons. The number of nitrogens with zero attached hydrogens (tertiary/aromatic N) is 4. The van der Waals surface area contributed by atoms with E-state index in [2.05, 4.69) is 21.3 Å². The van der Waals surface area contributed by atoms with Crippen LogP contribution in [0.1, 0.15) is 54.4 Å². The normalized spacial score (nSPS) is 16.1. The van der Waals surface area contributed by atoms with E-state index in [9.17, 15) is 26.3 Å². The van der Waals surface area contributed by atoms with Crippen molar-refractivity contribution in [3.8, 4) is 0 Å². The first-order valence-corrected chi connectivity index (χ1v) is 9.63. The maximum absolute atomic E-state index is 12.4. The summed E-state index contributed by atoms with van der Waals surface area (Å²) in [6.07, 6.45) is -8.53. The summed E-state index contributed by atoms with van der Waals surface area (Å²) in [5.41, 5.74) is 0. The fourth-order valence-corrected chi connectivity index (χ4v) is 2.48. The van der Waals surface area contributed by atoms with Gasteiger partial charge in [0.1, 0.15) is 0 Å². The van der Waals surface area contributed by atoms with E-state index >= 15 is 0 Å². The molecule has 0 aliphatic carbocycles. The van der Waals surface area contributed by atoms with Gasteiger partial charge in [0.2, 0.25) is 0 Å². The van der Waals surface area contributed by atoms with Gasteiger partial charge >= 0.3 is 12.4 Å². The molecule has 0 saturated carbocycles. The average molecular weight is 486 g/mol. The Morgan fingerprint density at radius 3 is 0.966 bits per heavy atom. The van der Waals surface area contributed by atoms with Crippen molar-refractivity contribution in [3.63, 3.8) is 0 Å². The molecule has 0 N–H and O–H groups in total. The Morgan fingerprint density at radius 1 is 0.552 bits per heavy atom. The van der Waals surface area contributed by atoms with Crippen LogP contribution in [0, 0.1) is 0 Å². The van der Waals surface area contributed by atoms with Crippen LogP contribution in [0.2, 0.25) is 0 Å². The number of halogens is 6. The van der Waals surface area contributed by atoms with Crippen molar-refractivity contribution < 1.29 is 45.8 Å². The van der Waals surface area contributed by atoms with Crippen LogP contribution in [-0.4, -0.2) is 62.7 Å². The molecule has 0 amide bonds. The molecule has 4 nitrogen and oxygen atoms in total. The van der Waals surface area contributed by atoms with Crippen molar-refractivity contribution in [2.45, 2.75) is 90.9 Å². The van der Waals surface area contributed by atoms with E-state index in [-0.39, 0.29) is 57.5 Å². The quantitative estimate of drug-likeness (QED) is 0.212. The van der Waals surface area contributed by atoms with Crippen molar-refractivity contribution in [2.75, 3.05) is 26.2 Å². The second kappa shape index (κ2) is 17.7. The van der Waals surface area contributed by atoms with Crippen molar-refractivity contribution >= 4 is 0 Å². The molecule has 4 unspecified atom stereocenters. The topological polar surface area (TPSA) is 56.4 Å². The Balaban J connectivity index is -0.000000451. The van der Waals surface area contributed by atoms with E-state index < -0.39 is 24.4 Å². The Labute approximate surface area is 184 Å². The van der Waals surface area contributed by atoms with Crippen LogP contribution in [0.3, 0.4) is 0 Å². The molecule has 0 bridgehead atoms. The van der Waals surface area contributed by atoms with Gasteiger partial charge < -0.3 is 21.3 Å². The third-order valence-electron chi connectivity index (χ3n) is 3.68. The van der Waals surface area contributed by atoms with Gasteiger partial charge in [0.05, 0.1) is 0 Å². The monoisotopic (exact) mass is 484 g/mol. The van der Waals surface area contributed by atoms with Crippen LogP contribution in [0.25, 0.3) is 21.3 Å². The number of rotatable bonds is 12. The van der Waals surface area contributed by atoms with Crippen molar-refractivity contribution in [1.29, 1.82) is 0 Å². The van der Waals surface area contributed by atoms with Crippen LogP contribution in [0.5, 0.6) is 0 Å². The minimum absolute atomic E-state index is 0. The van der Waals surface area contributed by atoms with Gasteiger partial charge in [-0.05, 0) is 12.1 Å². The molecule has 0 heterocycles. The molecule has 29 heavy (non-hydrogen) atoms. The zero-order valence-corrected chi connectivity index (χ0v) is 21.3. The predicted octanol–water partition coefficient (Wildman–Crippen LogP) is 6.96. The van der Waals surface area contributed by atoms with E-state index in [1.165, 1.54) is 0 Å². The first kappa shape index (κ1) is 33.7. The summed E-state index contributed by atoms with van der Waals surface area (Å²) in [5.74, 6) is 0. The van der Waals surface area contributed by atoms with Crippen LogP contribution >= 0.6 is 0 Å². The molecule has 4 atom stereocenters. The first-order valence-electron chi connectivity index (χ1n) is 9.63. The van der Waals surface area contributed by atoms with Crippen molar-refractivity contribution in [3.05, 3.63) is 21.3 Å². The summed E-state index contributed by atoms with van der Waals surface area (Å²) in [4.78, 5) is 0. The fraction of sp³-hybridized carbons (Fsp3) is 1.00. The molecule has 0 aliphatic rings. The predicted molar refractivity (Wildman–Crippen MR) is 103 cm³/mol. The fourth-order valence-electron chi connectivity index (χ4n) is 2.48. The molecule has 0 fully saturated rings. The van der Waals surface area contributed by atoms with E-state index in [0.717, 1.165) is 0 Å². The van der Waals surface area contributed by atoms with E-state index in [0.29, 0.717) is 13.1 Å². The number of hydrogen-bond donors (Lipinski definition) is 0. The summed E-state index contributed by atoms with van der Waals surface area (Å²) in [5, 5.41) is 15.1. The zero-order valence-electron chi connectivity index (χ0n) is 18.3. The molecule has 0 aromatic rings. The van der Waals surface area contributed by atoms with Gasteiger partial charge in [0.15, 0.2) is 0 Å². The van der Waals surface area contributed by atoms with Gasteiger partial charge in [-0.3, -0.25) is 0 Å². The minimum atomic E-state index is -4.23. The molecule has 0 rings (SSSR count). The molecule has 0 radical (unpaired) electrons. The Kier molecular flexibility index (Phi) is 20.5. The standard InChI is InChI=1S/2C9H17F3N2.Zn/c2*1-4-13-7(3)6-8(14-5-2)9(10,11)12;/h2*7-8H,4-6H2,1-3H3;/q2*-2;. The summed E-state index contributed by atoms with van der Waals surface area (Å²) in [7, 11) is 0. The first-order chi connectivity index (χ1) is 12.8. The number of hydrogen-bond acceptors (Lipinski definition) is 0. The summed E-state index contributed by atoms with van der Waals surface area (Å²) in [6.45, 7) is 11.7. The summed E-state index contributed by atoms with van der Waals surface area (Å²) in [6, 6.07) is -3.67. The summed E-state index contributed by atoms with van der Waals surface area (Å²) >= 11 is 0. The molecular weight excluding hydrogens is 452 g/mol. The SMILES string of the molecule is CC[N-]C(C)CC([N-]CC)C(F)(F)F.CC[N-]C(C)CC([N-]CC)C(F)(F)F.[Zn]. The minimum Gasteiger partial charge on any atom is -0.660 e. The molecule has 0 aromatic carbocycles. The van der Waals surface area contributed by atoms with Gasteiger partial charge in [-0.2, -0.15) is 52.5 Å². The van der Waals surface area contributed by atoms with E-state index in [1.54, 1.807) is 27.7 Å². The van der Waals surface area contributed by atoms with Crippen LogP contribution in [-0.2, 0) is 19.5 Å². The Morgan fingerprint density at radius 2 is 0.793 bits per heavy atom. The van der Waals surface area contributed by atoms with Crippen molar-refractivity contribution in [1.82, 2.24) is 0 Å². The third-order valence-corrected chi connectivity index (χ3v) is 3.68. The summed E-state index contributed by atoms with van der Waals surface area (Å²) < 4.78 is 74.2. The Bertz CT molecular complexity index is 335. The maximum atomic E-state index is 12.4.